The smallest absolute Gasteiger partial charge is 0.229 e. The van der Waals surface area contributed by atoms with Gasteiger partial charge in [-0.05, 0) is 12.0 Å². The van der Waals surface area contributed by atoms with Crippen molar-refractivity contribution >= 4 is 12.2 Å². The average Bonchev–Trinajstić information content (AvgIpc) is 2.76. The highest BCUT2D eigenvalue weighted by Crippen LogP contribution is 2.09. The van der Waals surface area contributed by atoms with Gasteiger partial charge < -0.3 is 4.57 Å². The van der Waals surface area contributed by atoms with Crippen LogP contribution in [0.1, 0.15) is 18.9 Å². The van der Waals surface area contributed by atoms with E-state index in [1.807, 2.05) is 42.7 Å². The van der Waals surface area contributed by atoms with Gasteiger partial charge in [-0.2, -0.15) is 0 Å². The molecule has 3 nitrogen and oxygen atoms in total. The molecule has 16 heavy (non-hydrogen) atoms. The Balaban J connectivity index is 2.14. The normalized spacial score (nSPS) is 11.1. The Labute approximate surface area is 95.5 Å². The summed E-state index contributed by atoms with van der Waals surface area (Å²) in [6.45, 7) is 3.10. The number of aryl methyl sites for hydroxylation is 1. The Bertz CT molecular complexity index is 457. The quantitative estimate of drug-likeness (QED) is 0.718. The lowest BCUT2D eigenvalue weighted by Gasteiger charge is -2.00. The molecule has 0 saturated heterocycles. The highest BCUT2D eigenvalue weighted by molar-refractivity contribution is 5.81. The predicted octanol–water partition coefficient (Wildman–Crippen LogP) is 3.04. The molecule has 0 aliphatic heterocycles. The molecule has 1 heterocycles. The van der Waals surface area contributed by atoms with Crippen molar-refractivity contribution in [1.82, 2.24) is 9.55 Å². The number of benzene rings is 1. The van der Waals surface area contributed by atoms with Gasteiger partial charge in [-0.15, -0.1) is 0 Å². The summed E-state index contributed by atoms with van der Waals surface area (Å²) in [5.41, 5.74) is 1.09. The number of aliphatic imine (C=N–C) groups is 1. The van der Waals surface area contributed by atoms with E-state index in [9.17, 15) is 0 Å². The molecule has 0 amide bonds. The summed E-state index contributed by atoms with van der Waals surface area (Å²) >= 11 is 0. The van der Waals surface area contributed by atoms with Crippen LogP contribution in [0.15, 0.2) is 47.7 Å². The summed E-state index contributed by atoms with van der Waals surface area (Å²) in [6, 6.07) is 10.0. The Morgan fingerprint density at radius 1 is 1.31 bits per heavy atom. The lowest BCUT2D eigenvalue weighted by atomic mass is 10.2. The molecule has 2 rings (SSSR count). The molecule has 0 bridgehead atoms. The molecule has 0 unspecified atom stereocenters. The zero-order chi connectivity index (χ0) is 11.2. The fraction of sp³-hybridized carbons (Fsp3) is 0.231. The van der Waals surface area contributed by atoms with Crippen LogP contribution in [0.25, 0.3) is 0 Å². The van der Waals surface area contributed by atoms with Crippen LogP contribution in [-0.4, -0.2) is 15.8 Å². The minimum atomic E-state index is 0.769. The molecular formula is C13H15N3. The molecule has 0 saturated carbocycles. The van der Waals surface area contributed by atoms with E-state index in [0.717, 1.165) is 24.5 Å². The van der Waals surface area contributed by atoms with Gasteiger partial charge >= 0.3 is 0 Å². The van der Waals surface area contributed by atoms with E-state index < -0.39 is 0 Å². The van der Waals surface area contributed by atoms with E-state index in [-0.39, 0.29) is 0 Å². The van der Waals surface area contributed by atoms with Crippen LogP contribution in [0.4, 0.5) is 5.95 Å². The highest BCUT2D eigenvalue weighted by Gasteiger charge is 1.97. The third-order valence-corrected chi connectivity index (χ3v) is 2.29. The molecule has 82 valence electrons. The summed E-state index contributed by atoms with van der Waals surface area (Å²) in [5, 5.41) is 0. The number of hydrogen-bond donors (Lipinski definition) is 0. The minimum Gasteiger partial charge on any atom is -0.316 e. The first-order valence-electron chi connectivity index (χ1n) is 5.50. The Kier molecular flexibility index (Phi) is 3.49. The van der Waals surface area contributed by atoms with E-state index in [0.29, 0.717) is 0 Å². The first kappa shape index (κ1) is 10.6. The minimum absolute atomic E-state index is 0.769. The maximum atomic E-state index is 4.38. The number of imidazole rings is 1. The van der Waals surface area contributed by atoms with Gasteiger partial charge in [-0.25, -0.2) is 9.98 Å². The monoisotopic (exact) mass is 213 g/mol. The van der Waals surface area contributed by atoms with Crippen molar-refractivity contribution < 1.29 is 0 Å². The van der Waals surface area contributed by atoms with Crippen LogP contribution in [0.2, 0.25) is 0 Å². The standard InChI is InChI=1S/C13H15N3/c1-2-9-16-10-8-14-13(16)15-11-12-6-4-3-5-7-12/h3-8,10-11H,2,9H2,1H3/b15-11+. The average molecular weight is 213 g/mol. The SMILES string of the molecule is CCCn1ccnc1/N=C/c1ccccc1. The summed E-state index contributed by atoms with van der Waals surface area (Å²) in [6.07, 6.45) is 6.67. The summed E-state index contributed by atoms with van der Waals surface area (Å²) in [7, 11) is 0. The van der Waals surface area contributed by atoms with E-state index in [2.05, 4.69) is 21.5 Å². The van der Waals surface area contributed by atoms with Gasteiger partial charge in [0, 0.05) is 25.2 Å². The van der Waals surface area contributed by atoms with Gasteiger partial charge in [0.1, 0.15) is 0 Å². The van der Waals surface area contributed by atoms with Gasteiger partial charge in [0.2, 0.25) is 5.95 Å². The molecule has 0 spiro atoms. The zero-order valence-electron chi connectivity index (χ0n) is 9.37. The Morgan fingerprint density at radius 2 is 2.12 bits per heavy atom. The van der Waals surface area contributed by atoms with Crippen LogP contribution in [0.3, 0.4) is 0 Å². The molecule has 0 fully saturated rings. The van der Waals surface area contributed by atoms with Gasteiger partial charge in [-0.3, -0.25) is 0 Å². The van der Waals surface area contributed by atoms with Crippen molar-refractivity contribution in [2.75, 3.05) is 0 Å². The fourth-order valence-electron chi connectivity index (χ4n) is 1.52. The van der Waals surface area contributed by atoms with Crippen molar-refractivity contribution in [1.29, 1.82) is 0 Å². The van der Waals surface area contributed by atoms with Gasteiger partial charge in [0.15, 0.2) is 0 Å². The topological polar surface area (TPSA) is 30.2 Å². The molecule has 0 radical (unpaired) electrons. The molecule has 0 atom stereocenters. The molecule has 0 aliphatic carbocycles. The fourth-order valence-corrected chi connectivity index (χ4v) is 1.52. The van der Waals surface area contributed by atoms with Crippen molar-refractivity contribution in [3.63, 3.8) is 0 Å². The Hall–Kier alpha value is -1.90. The van der Waals surface area contributed by atoms with Crippen molar-refractivity contribution in [2.45, 2.75) is 19.9 Å². The largest absolute Gasteiger partial charge is 0.316 e. The number of aromatic nitrogens is 2. The third kappa shape index (κ3) is 2.57. The number of rotatable bonds is 4. The van der Waals surface area contributed by atoms with Crippen molar-refractivity contribution in [3.05, 3.63) is 48.3 Å². The molecule has 0 N–H and O–H groups in total. The van der Waals surface area contributed by atoms with Crippen LogP contribution in [0.5, 0.6) is 0 Å². The lowest BCUT2D eigenvalue weighted by Crippen LogP contribution is -1.94. The molecule has 1 aromatic carbocycles. The second-order valence-electron chi connectivity index (χ2n) is 3.59. The molecule has 0 aliphatic rings. The first-order chi connectivity index (χ1) is 7.90. The number of nitrogens with zero attached hydrogens (tertiary/aromatic N) is 3. The van der Waals surface area contributed by atoms with Gasteiger partial charge in [0.05, 0.1) is 0 Å². The van der Waals surface area contributed by atoms with E-state index in [1.165, 1.54) is 0 Å². The Morgan fingerprint density at radius 3 is 2.88 bits per heavy atom. The van der Waals surface area contributed by atoms with Crippen molar-refractivity contribution in [2.24, 2.45) is 4.99 Å². The van der Waals surface area contributed by atoms with Crippen LogP contribution >= 0.6 is 0 Å². The third-order valence-electron chi connectivity index (χ3n) is 2.29. The maximum absolute atomic E-state index is 4.38. The second-order valence-corrected chi connectivity index (χ2v) is 3.59. The summed E-state index contributed by atoms with van der Waals surface area (Å²) in [4.78, 5) is 8.60. The second kappa shape index (κ2) is 5.26. The number of hydrogen-bond acceptors (Lipinski definition) is 2. The molecule has 2 aromatic rings. The predicted molar refractivity (Wildman–Crippen MR) is 66.2 cm³/mol. The van der Waals surface area contributed by atoms with Crippen LogP contribution in [0, 0.1) is 0 Å². The maximum Gasteiger partial charge on any atom is 0.229 e. The molecule has 3 heteroatoms. The van der Waals surface area contributed by atoms with Gasteiger partial charge in [-0.1, -0.05) is 37.3 Å². The van der Waals surface area contributed by atoms with E-state index >= 15 is 0 Å². The lowest BCUT2D eigenvalue weighted by molar-refractivity contribution is 0.682. The van der Waals surface area contributed by atoms with E-state index in [1.54, 1.807) is 6.20 Å². The summed E-state index contributed by atoms with van der Waals surface area (Å²) in [5.74, 6) is 0.769. The highest BCUT2D eigenvalue weighted by atomic mass is 15.2. The van der Waals surface area contributed by atoms with Crippen LogP contribution in [-0.2, 0) is 6.54 Å². The summed E-state index contributed by atoms with van der Waals surface area (Å²) < 4.78 is 2.06. The first-order valence-corrected chi connectivity index (χ1v) is 5.50. The zero-order valence-corrected chi connectivity index (χ0v) is 9.37. The molecule has 1 aromatic heterocycles. The van der Waals surface area contributed by atoms with Gasteiger partial charge in [0.25, 0.3) is 0 Å². The van der Waals surface area contributed by atoms with E-state index in [4.69, 9.17) is 0 Å². The van der Waals surface area contributed by atoms with Crippen LogP contribution < -0.4 is 0 Å². The molecular weight excluding hydrogens is 198 g/mol. The van der Waals surface area contributed by atoms with Crippen molar-refractivity contribution in [3.8, 4) is 0 Å².